The van der Waals surface area contributed by atoms with E-state index in [-0.39, 0.29) is 24.9 Å². The van der Waals surface area contributed by atoms with E-state index in [1.165, 1.54) is 4.90 Å². The van der Waals surface area contributed by atoms with Crippen LogP contribution in [0.3, 0.4) is 0 Å². The van der Waals surface area contributed by atoms with Gasteiger partial charge in [-0.25, -0.2) is 0 Å². The predicted octanol–water partition coefficient (Wildman–Crippen LogP) is -0.947. The number of nitrogens with one attached hydrogen (secondary N) is 1. The molecule has 0 rings (SSSR count). The Bertz CT molecular complexity index is 327. The van der Waals surface area contributed by atoms with Gasteiger partial charge in [-0.2, -0.15) is 5.26 Å². The molecule has 1 N–H and O–H groups in total. The van der Waals surface area contributed by atoms with Gasteiger partial charge in [0.2, 0.25) is 11.8 Å². The van der Waals surface area contributed by atoms with E-state index in [1.54, 1.807) is 26.1 Å². The van der Waals surface area contributed by atoms with Crippen molar-refractivity contribution in [2.24, 2.45) is 0 Å². The zero-order chi connectivity index (χ0) is 14.7. The maximum Gasteiger partial charge on any atom is 0.236 e. The fourth-order valence-electron chi connectivity index (χ4n) is 1.34. The number of likely N-dealkylation sites (N-methyl/N-ethyl adjacent to an activating group) is 2. The first kappa shape index (κ1) is 17.4. The Morgan fingerprint density at radius 2 is 2.00 bits per heavy atom. The molecule has 0 aromatic heterocycles. The Kier molecular flexibility index (Phi) is 9.40. The van der Waals surface area contributed by atoms with Crippen molar-refractivity contribution < 1.29 is 14.3 Å². The largest absolute Gasteiger partial charge is 0.383 e. The fraction of sp³-hybridized carbons (Fsp3) is 0.750. The Morgan fingerprint density at radius 3 is 2.58 bits per heavy atom. The van der Waals surface area contributed by atoms with Gasteiger partial charge in [0, 0.05) is 27.2 Å². The van der Waals surface area contributed by atoms with Crippen molar-refractivity contribution in [1.29, 1.82) is 5.26 Å². The zero-order valence-corrected chi connectivity index (χ0v) is 11.8. The maximum atomic E-state index is 11.7. The molecular formula is C12H22N4O3. The molecular weight excluding hydrogens is 248 g/mol. The monoisotopic (exact) mass is 270 g/mol. The van der Waals surface area contributed by atoms with Gasteiger partial charge in [0.15, 0.2) is 0 Å². The summed E-state index contributed by atoms with van der Waals surface area (Å²) < 4.78 is 4.82. The minimum absolute atomic E-state index is 0.109. The highest BCUT2D eigenvalue weighted by atomic mass is 16.5. The van der Waals surface area contributed by atoms with Gasteiger partial charge < -0.3 is 15.0 Å². The predicted molar refractivity (Wildman–Crippen MR) is 70.2 cm³/mol. The summed E-state index contributed by atoms with van der Waals surface area (Å²) in [5.74, 6) is -0.255. The first-order valence-corrected chi connectivity index (χ1v) is 6.06. The number of carbonyl (C=O) groups is 2. The van der Waals surface area contributed by atoms with Crippen molar-refractivity contribution in [3.05, 3.63) is 0 Å². The topological polar surface area (TPSA) is 85.7 Å². The van der Waals surface area contributed by atoms with Crippen molar-refractivity contribution in [2.45, 2.75) is 6.42 Å². The third-order valence-corrected chi connectivity index (χ3v) is 2.43. The molecule has 0 aromatic carbocycles. The quantitative estimate of drug-likeness (QED) is 0.546. The van der Waals surface area contributed by atoms with Crippen LogP contribution >= 0.6 is 0 Å². The van der Waals surface area contributed by atoms with Gasteiger partial charge in [-0.05, 0) is 7.05 Å². The molecule has 0 saturated heterocycles. The molecule has 0 saturated carbocycles. The van der Waals surface area contributed by atoms with Crippen LogP contribution in [0.25, 0.3) is 0 Å². The van der Waals surface area contributed by atoms with Crippen LogP contribution in [-0.4, -0.2) is 75.6 Å². The summed E-state index contributed by atoms with van der Waals surface area (Å²) in [7, 11) is 4.91. The first-order valence-electron chi connectivity index (χ1n) is 6.06. The third-order valence-electron chi connectivity index (χ3n) is 2.43. The van der Waals surface area contributed by atoms with Crippen molar-refractivity contribution in [1.82, 2.24) is 15.1 Å². The fourth-order valence-corrected chi connectivity index (χ4v) is 1.34. The lowest BCUT2D eigenvalue weighted by molar-refractivity contribution is -0.131. The van der Waals surface area contributed by atoms with E-state index in [0.717, 1.165) is 0 Å². The number of hydrogen-bond donors (Lipinski definition) is 1. The van der Waals surface area contributed by atoms with Crippen LogP contribution in [0.15, 0.2) is 0 Å². The number of hydrogen-bond acceptors (Lipinski definition) is 5. The molecule has 7 nitrogen and oxygen atoms in total. The molecule has 0 aliphatic heterocycles. The van der Waals surface area contributed by atoms with E-state index in [2.05, 4.69) is 5.32 Å². The average molecular weight is 270 g/mol. The Balaban J connectivity index is 3.89. The summed E-state index contributed by atoms with van der Waals surface area (Å²) in [5, 5.41) is 11.1. The van der Waals surface area contributed by atoms with Crippen LogP contribution in [0.4, 0.5) is 0 Å². The normalized spacial score (nSPS) is 10.1. The molecule has 0 spiro atoms. The minimum atomic E-state index is -0.146. The standard InChI is InChI=1S/C12H22N4O3/c1-15(9-11(17)14-6-8-19-3)10-12(18)16(2)7-4-5-13/h4,6-10H2,1-3H3,(H,14,17). The molecule has 0 unspecified atom stereocenters. The van der Waals surface area contributed by atoms with Gasteiger partial charge in [-0.15, -0.1) is 0 Å². The maximum absolute atomic E-state index is 11.7. The molecule has 0 aliphatic rings. The van der Waals surface area contributed by atoms with Gasteiger partial charge in [0.05, 0.1) is 32.2 Å². The molecule has 108 valence electrons. The number of methoxy groups -OCH3 is 1. The van der Waals surface area contributed by atoms with E-state index in [1.807, 2.05) is 6.07 Å². The zero-order valence-electron chi connectivity index (χ0n) is 11.8. The molecule has 19 heavy (non-hydrogen) atoms. The molecule has 0 bridgehead atoms. The van der Waals surface area contributed by atoms with Crippen LogP contribution in [-0.2, 0) is 14.3 Å². The second-order valence-corrected chi connectivity index (χ2v) is 4.24. The van der Waals surface area contributed by atoms with Crippen LogP contribution in [0.5, 0.6) is 0 Å². The highest BCUT2D eigenvalue weighted by Gasteiger charge is 2.13. The summed E-state index contributed by atoms with van der Waals surface area (Å²) in [5.41, 5.74) is 0. The lowest BCUT2D eigenvalue weighted by Crippen LogP contribution is -2.42. The Hall–Kier alpha value is -1.65. The van der Waals surface area contributed by atoms with Crippen LogP contribution in [0.2, 0.25) is 0 Å². The van der Waals surface area contributed by atoms with E-state index >= 15 is 0 Å². The lowest BCUT2D eigenvalue weighted by Gasteiger charge is -2.20. The molecule has 0 fully saturated rings. The summed E-state index contributed by atoms with van der Waals surface area (Å²) in [6.07, 6.45) is 0.309. The Labute approximate surface area is 114 Å². The highest BCUT2D eigenvalue weighted by molar-refractivity contribution is 5.81. The summed E-state index contributed by atoms with van der Waals surface area (Å²) in [6.45, 7) is 1.63. The summed E-state index contributed by atoms with van der Waals surface area (Å²) in [4.78, 5) is 26.3. The van der Waals surface area contributed by atoms with Gasteiger partial charge in [-0.3, -0.25) is 14.5 Å². The first-order chi connectivity index (χ1) is 9.01. The lowest BCUT2D eigenvalue weighted by atomic mass is 10.4. The van der Waals surface area contributed by atoms with Gasteiger partial charge in [-0.1, -0.05) is 0 Å². The van der Waals surface area contributed by atoms with Crippen molar-refractivity contribution >= 4 is 11.8 Å². The number of rotatable bonds is 9. The third kappa shape index (κ3) is 8.99. The minimum Gasteiger partial charge on any atom is -0.383 e. The average Bonchev–Trinajstić information content (AvgIpc) is 2.35. The second-order valence-electron chi connectivity index (χ2n) is 4.24. The molecule has 0 atom stereocenters. The van der Waals surface area contributed by atoms with Crippen LogP contribution in [0.1, 0.15) is 6.42 Å². The summed E-state index contributed by atoms with van der Waals surface area (Å²) >= 11 is 0. The SMILES string of the molecule is COCCNC(=O)CN(C)CC(=O)N(C)CCC#N. The van der Waals surface area contributed by atoms with Crippen LogP contribution in [0, 0.1) is 11.3 Å². The molecule has 0 radical (unpaired) electrons. The molecule has 0 aliphatic carbocycles. The number of nitrogens with zero attached hydrogens (tertiary/aromatic N) is 3. The number of carbonyl (C=O) groups excluding carboxylic acids is 2. The highest BCUT2D eigenvalue weighted by Crippen LogP contribution is 1.91. The molecule has 0 heterocycles. The van der Waals surface area contributed by atoms with Crippen LogP contribution < -0.4 is 5.32 Å². The van der Waals surface area contributed by atoms with Gasteiger partial charge in [0.25, 0.3) is 0 Å². The summed E-state index contributed by atoms with van der Waals surface area (Å²) in [6, 6.07) is 1.98. The van der Waals surface area contributed by atoms with Crippen molar-refractivity contribution in [3.8, 4) is 6.07 Å². The van der Waals surface area contributed by atoms with E-state index in [0.29, 0.717) is 26.1 Å². The number of nitriles is 1. The van der Waals surface area contributed by atoms with Gasteiger partial charge >= 0.3 is 0 Å². The molecule has 0 aromatic rings. The molecule has 7 heteroatoms. The van der Waals surface area contributed by atoms with Crippen molar-refractivity contribution in [2.75, 3.05) is 54.0 Å². The van der Waals surface area contributed by atoms with E-state index in [9.17, 15) is 9.59 Å². The van der Waals surface area contributed by atoms with Crippen molar-refractivity contribution in [3.63, 3.8) is 0 Å². The molecule has 2 amide bonds. The smallest absolute Gasteiger partial charge is 0.236 e. The number of ether oxygens (including phenoxy) is 1. The second kappa shape index (κ2) is 10.3. The van der Waals surface area contributed by atoms with Gasteiger partial charge in [0.1, 0.15) is 0 Å². The Morgan fingerprint density at radius 1 is 1.32 bits per heavy atom. The van der Waals surface area contributed by atoms with E-state index in [4.69, 9.17) is 10.00 Å². The van der Waals surface area contributed by atoms with E-state index < -0.39 is 0 Å². The number of amides is 2.